The van der Waals surface area contributed by atoms with Gasteiger partial charge in [-0.1, -0.05) is 33.1 Å². The van der Waals surface area contributed by atoms with Crippen molar-refractivity contribution in [2.45, 2.75) is 71.9 Å². The van der Waals surface area contributed by atoms with Gasteiger partial charge in [0, 0.05) is 18.3 Å². The highest BCUT2D eigenvalue weighted by atomic mass is 15.2. The van der Waals surface area contributed by atoms with E-state index < -0.39 is 0 Å². The summed E-state index contributed by atoms with van der Waals surface area (Å²) in [6, 6.07) is 1.15. The minimum Gasteiger partial charge on any atom is -0.353 e. The highest BCUT2D eigenvalue weighted by Gasteiger charge is 2.20. The molecule has 1 fully saturated rings. The minimum absolute atomic E-state index is 0.514. The maximum atomic E-state index is 4.66. The van der Waals surface area contributed by atoms with Gasteiger partial charge >= 0.3 is 0 Å². The summed E-state index contributed by atoms with van der Waals surface area (Å²) in [6.45, 7) is 8.96. The quantitative estimate of drug-likeness (QED) is 0.849. The van der Waals surface area contributed by atoms with Gasteiger partial charge in [0.1, 0.15) is 0 Å². The maximum absolute atomic E-state index is 4.66. The molecule has 2 rings (SSSR count). The van der Waals surface area contributed by atoms with E-state index in [0.717, 1.165) is 11.6 Å². The Kier molecular flexibility index (Phi) is 4.31. The van der Waals surface area contributed by atoms with Crippen molar-refractivity contribution in [2.75, 3.05) is 5.32 Å². The van der Waals surface area contributed by atoms with Gasteiger partial charge in [0.2, 0.25) is 5.95 Å². The third-order valence-corrected chi connectivity index (χ3v) is 4.45. The lowest BCUT2D eigenvalue weighted by molar-refractivity contribution is 0.372. The topological polar surface area (TPSA) is 29.9 Å². The van der Waals surface area contributed by atoms with Crippen LogP contribution in [-0.2, 0) is 0 Å². The second kappa shape index (κ2) is 5.77. The van der Waals surface area contributed by atoms with E-state index in [1.807, 2.05) is 0 Å². The van der Waals surface area contributed by atoms with Gasteiger partial charge in [-0.3, -0.25) is 0 Å². The Morgan fingerprint density at radius 3 is 2.67 bits per heavy atom. The summed E-state index contributed by atoms with van der Waals surface area (Å²) in [5, 5.41) is 3.64. The van der Waals surface area contributed by atoms with Gasteiger partial charge in [0.25, 0.3) is 0 Å². The van der Waals surface area contributed by atoms with Crippen molar-refractivity contribution >= 4 is 5.95 Å². The molecule has 0 bridgehead atoms. The number of aromatic nitrogens is 2. The smallest absolute Gasteiger partial charge is 0.203 e. The maximum Gasteiger partial charge on any atom is 0.203 e. The van der Waals surface area contributed by atoms with Gasteiger partial charge < -0.3 is 9.88 Å². The first-order valence-electron chi connectivity index (χ1n) is 7.43. The number of nitrogens with one attached hydrogen (secondary N) is 1. The molecule has 1 saturated carbocycles. The van der Waals surface area contributed by atoms with Gasteiger partial charge in [-0.15, -0.1) is 0 Å². The van der Waals surface area contributed by atoms with Gasteiger partial charge in [-0.2, -0.15) is 0 Å². The van der Waals surface area contributed by atoms with Crippen molar-refractivity contribution in [1.82, 2.24) is 9.55 Å². The molecule has 0 saturated heterocycles. The number of imidazole rings is 1. The van der Waals surface area contributed by atoms with E-state index in [0.29, 0.717) is 18.0 Å². The van der Waals surface area contributed by atoms with Gasteiger partial charge in [-0.05, 0) is 32.6 Å². The van der Waals surface area contributed by atoms with Crippen LogP contribution < -0.4 is 5.32 Å². The molecule has 1 aromatic rings. The molecule has 2 unspecified atom stereocenters. The molecular weight excluding hydrogens is 222 g/mol. The molecule has 1 heterocycles. The fourth-order valence-electron chi connectivity index (χ4n) is 2.80. The Morgan fingerprint density at radius 1 is 1.39 bits per heavy atom. The molecule has 102 valence electrons. The zero-order chi connectivity index (χ0) is 13.1. The van der Waals surface area contributed by atoms with Crippen molar-refractivity contribution in [3.05, 3.63) is 11.9 Å². The second-order valence-corrected chi connectivity index (χ2v) is 5.87. The van der Waals surface area contributed by atoms with Crippen molar-refractivity contribution < 1.29 is 0 Å². The van der Waals surface area contributed by atoms with Crippen LogP contribution in [0, 0.1) is 12.8 Å². The molecule has 1 N–H and O–H groups in total. The lowest BCUT2D eigenvalue weighted by atomic mass is 10.0. The number of hydrogen-bond acceptors (Lipinski definition) is 2. The van der Waals surface area contributed by atoms with Crippen LogP contribution in [0.2, 0.25) is 0 Å². The van der Waals surface area contributed by atoms with Crippen LogP contribution in [0.3, 0.4) is 0 Å². The zero-order valence-electron chi connectivity index (χ0n) is 12.2. The Morgan fingerprint density at radius 2 is 2.06 bits per heavy atom. The van der Waals surface area contributed by atoms with E-state index in [-0.39, 0.29) is 0 Å². The van der Waals surface area contributed by atoms with Crippen molar-refractivity contribution in [3.8, 4) is 0 Å². The minimum atomic E-state index is 0.514. The van der Waals surface area contributed by atoms with E-state index >= 15 is 0 Å². The average molecular weight is 249 g/mol. The summed E-state index contributed by atoms with van der Waals surface area (Å²) < 4.78 is 2.34. The fraction of sp³-hybridized carbons (Fsp3) is 0.800. The van der Waals surface area contributed by atoms with E-state index in [1.165, 1.54) is 32.1 Å². The van der Waals surface area contributed by atoms with Crippen LogP contribution in [0.1, 0.15) is 64.6 Å². The van der Waals surface area contributed by atoms with Crippen LogP contribution in [0.15, 0.2) is 6.20 Å². The van der Waals surface area contributed by atoms with Crippen molar-refractivity contribution in [1.29, 1.82) is 0 Å². The van der Waals surface area contributed by atoms with E-state index in [9.17, 15) is 0 Å². The highest BCUT2D eigenvalue weighted by Crippen LogP contribution is 2.27. The Bertz CT molecular complexity index is 377. The SMILES string of the molecule is CCC(C)C(C)n1cc(C)nc1NC1CCCC1. The summed E-state index contributed by atoms with van der Waals surface area (Å²) in [6.07, 6.45) is 8.71. The Hall–Kier alpha value is -0.990. The summed E-state index contributed by atoms with van der Waals surface area (Å²) >= 11 is 0. The molecule has 2 atom stereocenters. The molecule has 0 spiro atoms. The number of nitrogens with zero attached hydrogens (tertiary/aromatic N) is 2. The zero-order valence-corrected chi connectivity index (χ0v) is 12.2. The number of rotatable bonds is 5. The lowest BCUT2D eigenvalue weighted by Gasteiger charge is -2.23. The van der Waals surface area contributed by atoms with Gasteiger partial charge in [0.15, 0.2) is 0 Å². The molecule has 0 amide bonds. The lowest BCUT2D eigenvalue weighted by Crippen LogP contribution is -2.21. The molecule has 18 heavy (non-hydrogen) atoms. The highest BCUT2D eigenvalue weighted by molar-refractivity contribution is 5.31. The van der Waals surface area contributed by atoms with Gasteiger partial charge in [0.05, 0.1) is 5.69 Å². The third kappa shape index (κ3) is 2.88. The molecule has 1 aliphatic carbocycles. The Labute approximate surface area is 111 Å². The molecule has 0 aliphatic heterocycles. The number of anilines is 1. The molecule has 3 nitrogen and oxygen atoms in total. The molecular formula is C15H27N3. The average Bonchev–Trinajstić information content (AvgIpc) is 2.97. The van der Waals surface area contributed by atoms with Crippen LogP contribution in [-0.4, -0.2) is 15.6 Å². The first-order chi connectivity index (χ1) is 8.61. The van der Waals surface area contributed by atoms with E-state index in [4.69, 9.17) is 0 Å². The van der Waals surface area contributed by atoms with Gasteiger partial charge in [-0.25, -0.2) is 4.98 Å². The van der Waals surface area contributed by atoms with E-state index in [1.54, 1.807) is 0 Å². The summed E-state index contributed by atoms with van der Waals surface area (Å²) in [7, 11) is 0. The monoisotopic (exact) mass is 249 g/mol. The molecule has 0 radical (unpaired) electrons. The Balaban J connectivity index is 2.13. The summed E-state index contributed by atoms with van der Waals surface area (Å²) in [5.41, 5.74) is 1.12. The molecule has 0 aromatic carbocycles. The van der Waals surface area contributed by atoms with Crippen LogP contribution >= 0.6 is 0 Å². The first-order valence-corrected chi connectivity index (χ1v) is 7.43. The number of aryl methyl sites for hydroxylation is 1. The fourth-order valence-corrected chi connectivity index (χ4v) is 2.80. The number of hydrogen-bond donors (Lipinski definition) is 1. The normalized spacial score (nSPS) is 20.0. The second-order valence-electron chi connectivity index (χ2n) is 5.87. The summed E-state index contributed by atoms with van der Waals surface area (Å²) in [4.78, 5) is 4.66. The van der Waals surface area contributed by atoms with Crippen LogP contribution in [0.25, 0.3) is 0 Å². The van der Waals surface area contributed by atoms with Crippen LogP contribution in [0.4, 0.5) is 5.95 Å². The van der Waals surface area contributed by atoms with Crippen molar-refractivity contribution in [3.63, 3.8) is 0 Å². The molecule has 1 aromatic heterocycles. The van der Waals surface area contributed by atoms with E-state index in [2.05, 4.69) is 48.8 Å². The third-order valence-electron chi connectivity index (χ3n) is 4.45. The van der Waals surface area contributed by atoms with Crippen molar-refractivity contribution in [2.24, 2.45) is 5.92 Å². The molecule has 3 heteroatoms. The van der Waals surface area contributed by atoms with Crippen LogP contribution in [0.5, 0.6) is 0 Å². The standard InChI is InChI=1S/C15H27N3/c1-5-11(2)13(4)18-10-12(3)16-15(18)17-14-8-6-7-9-14/h10-11,13-14H,5-9H2,1-4H3,(H,16,17). The predicted octanol–water partition coefficient (Wildman–Crippen LogP) is 4.15. The summed E-state index contributed by atoms with van der Waals surface area (Å²) in [5.74, 6) is 1.76. The first kappa shape index (κ1) is 13.4. The molecule has 1 aliphatic rings. The largest absolute Gasteiger partial charge is 0.353 e. The predicted molar refractivity (Wildman–Crippen MR) is 77.0 cm³/mol.